The quantitative estimate of drug-likeness (QED) is 0.833. The van der Waals surface area contributed by atoms with Crippen molar-refractivity contribution >= 4 is 24.2 Å². The highest BCUT2D eigenvalue weighted by Gasteiger charge is 2.22. The average Bonchev–Trinajstić information content (AvgIpc) is 2.40. The zero-order chi connectivity index (χ0) is 13.7. The molecule has 1 saturated heterocycles. The molecular weight excluding hydrogens is 271 g/mol. The fraction of sp³-hybridized carbons (Fsp3) is 0.417. The lowest BCUT2D eigenvalue weighted by atomic mass is 10.1. The summed E-state index contributed by atoms with van der Waals surface area (Å²) in [6, 6.07) is 7.01. The Morgan fingerprint density at radius 1 is 1.58 bits per heavy atom. The van der Waals surface area contributed by atoms with Gasteiger partial charge in [0, 0.05) is 30.9 Å². The zero-order valence-corrected chi connectivity index (χ0v) is 11.0. The second-order valence-corrected chi connectivity index (χ2v) is 4.68. The predicted molar refractivity (Wildman–Crippen MR) is 72.0 cm³/mol. The maximum absolute atomic E-state index is 12.0. The van der Waals surface area contributed by atoms with E-state index in [9.17, 15) is 8.68 Å². The van der Waals surface area contributed by atoms with Crippen LogP contribution in [-0.4, -0.2) is 35.2 Å². The molecule has 1 aliphatic heterocycles. The standard InChI is InChI=1S/C12H15FN2O3S/c13-19-18-11-5-1-3-9(7-11)14-10-4-2-6-15(8-10)12(16)17/h1,3,5,7,10,14H,2,4,6,8H2,(H,16,17). The van der Waals surface area contributed by atoms with Crippen molar-refractivity contribution < 1.29 is 18.0 Å². The van der Waals surface area contributed by atoms with Crippen LogP contribution in [0, 0.1) is 0 Å². The molecule has 1 aliphatic rings. The van der Waals surface area contributed by atoms with E-state index in [0.717, 1.165) is 18.5 Å². The molecule has 5 nitrogen and oxygen atoms in total. The van der Waals surface area contributed by atoms with E-state index in [1.165, 1.54) is 4.90 Å². The van der Waals surface area contributed by atoms with Crippen LogP contribution in [0.3, 0.4) is 0 Å². The van der Waals surface area contributed by atoms with Crippen molar-refractivity contribution in [3.8, 4) is 5.75 Å². The van der Waals surface area contributed by atoms with Gasteiger partial charge in [-0.15, -0.1) is 3.89 Å². The van der Waals surface area contributed by atoms with Crippen LogP contribution < -0.4 is 9.50 Å². The molecule has 1 amide bonds. The second kappa shape index (κ2) is 6.51. The number of hydrogen-bond donors (Lipinski definition) is 2. The van der Waals surface area contributed by atoms with Crippen LogP contribution in [0.15, 0.2) is 24.3 Å². The summed E-state index contributed by atoms with van der Waals surface area (Å²) in [5.41, 5.74) is 0.795. The minimum atomic E-state index is -0.891. The zero-order valence-electron chi connectivity index (χ0n) is 10.2. The molecule has 0 radical (unpaired) electrons. The van der Waals surface area contributed by atoms with E-state index in [1.807, 2.05) is 6.07 Å². The number of nitrogens with zero attached hydrogens (tertiary/aromatic N) is 1. The first-order chi connectivity index (χ1) is 9.19. The summed E-state index contributed by atoms with van der Waals surface area (Å²) in [7, 11) is 0. The van der Waals surface area contributed by atoms with Gasteiger partial charge in [-0.05, 0) is 25.0 Å². The van der Waals surface area contributed by atoms with Crippen molar-refractivity contribution in [2.24, 2.45) is 0 Å². The first-order valence-electron chi connectivity index (χ1n) is 5.99. The number of benzene rings is 1. The molecule has 1 fully saturated rings. The van der Waals surface area contributed by atoms with Gasteiger partial charge in [0.25, 0.3) is 12.4 Å². The Balaban J connectivity index is 1.96. The van der Waals surface area contributed by atoms with Gasteiger partial charge in [-0.2, -0.15) is 0 Å². The molecule has 0 bridgehead atoms. The SMILES string of the molecule is O=C(O)N1CCCC(Nc2cccc(OSF)c2)C1. The number of halogens is 1. The lowest BCUT2D eigenvalue weighted by Crippen LogP contribution is -2.44. The molecule has 0 aliphatic carbocycles. The van der Waals surface area contributed by atoms with Crippen LogP contribution in [0.5, 0.6) is 5.75 Å². The van der Waals surface area contributed by atoms with Crippen molar-refractivity contribution in [1.82, 2.24) is 4.90 Å². The summed E-state index contributed by atoms with van der Waals surface area (Å²) >= 11 is -0.200. The lowest BCUT2D eigenvalue weighted by Gasteiger charge is -2.31. The fourth-order valence-electron chi connectivity index (χ4n) is 2.18. The molecule has 1 aromatic rings. The van der Waals surface area contributed by atoms with E-state index in [0.29, 0.717) is 18.8 Å². The maximum atomic E-state index is 12.0. The van der Waals surface area contributed by atoms with Crippen LogP contribution >= 0.6 is 12.4 Å². The molecular formula is C12H15FN2O3S. The fourth-order valence-corrected chi connectivity index (χ4v) is 2.35. The summed E-state index contributed by atoms with van der Waals surface area (Å²) in [6.07, 6.45) is 0.852. The van der Waals surface area contributed by atoms with Gasteiger partial charge in [0.15, 0.2) is 0 Å². The van der Waals surface area contributed by atoms with Gasteiger partial charge in [-0.1, -0.05) is 6.07 Å². The van der Waals surface area contributed by atoms with E-state index in [4.69, 9.17) is 9.29 Å². The van der Waals surface area contributed by atoms with Gasteiger partial charge in [-0.3, -0.25) is 0 Å². The Morgan fingerprint density at radius 3 is 3.16 bits per heavy atom. The third kappa shape index (κ3) is 3.92. The highest BCUT2D eigenvalue weighted by atomic mass is 32.2. The highest BCUT2D eigenvalue weighted by molar-refractivity contribution is 7.89. The highest BCUT2D eigenvalue weighted by Crippen LogP contribution is 2.23. The predicted octanol–water partition coefficient (Wildman–Crippen LogP) is 3.15. The van der Waals surface area contributed by atoms with Gasteiger partial charge in [0.2, 0.25) is 0 Å². The number of hydrogen-bond acceptors (Lipinski definition) is 4. The first-order valence-corrected chi connectivity index (χ1v) is 6.63. The number of carbonyl (C=O) groups is 1. The van der Waals surface area contributed by atoms with Crippen LogP contribution in [0.4, 0.5) is 14.4 Å². The number of nitrogens with one attached hydrogen (secondary N) is 1. The van der Waals surface area contributed by atoms with Gasteiger partial charge in [-0.25, -0.2) is 4.79 Å². The number of rotatable bonds is 4. The Kier molecular flexibility index (Phi) is 4.73. The summed E-state index contributed by atoms with van der Waals surface area (Å²) in [5.74, 6) is 0.420. The van der Waals surface area contributed by atoms with Crippen molar-refractivity contribution in [3.63, 3.8) is 0 Å². The Hall–Kier alpha value is -1.63. The minimum absolute atomic E-state index is 0.0677. The third-order valence-electron chi connectivity index (χ3n) is 3.02. The number of piperidine rings is 1. The first kappa shape index (κ1) is 13.8. The van der Waals surface area contributed by atoms with Crippen LogP contribution in [-0.2, 0) is 0 Å². The molecule has 0 spiro atoms. The van der Waals surface area contributed by atoms with Gasteiger partial charge in [0.1, 0.15) is 5.75 Å². The largest absolute Gasteiger partial charge is 0.465 e. The van der Waals surface area contributed by atoms with Crippen LogP contribution in [0.25, 0.3) is 0 Å². The molecule has 7 heteroatoms. The molecule has 104 valence electrons. The van der Waals surface area contributed by atoms with Crippen molar-refractivity contribution in [1.29, 1.82) is 0 Å². The molecule has 1 unspecified atom stereocenters. The van der Waals surface area contributed by atoms with E-state index in [1.54, 1.807) is 18.2 Å². The maximum Gasteiger partial charge on any atom is 0.407 e. The molecule has 19 heavy (non-hydrogen) atoms. The number of carboxylic acid groups (broad SMARTS) is 1. The summed E-state index contributed by atoms with van der Waals surface area (Å²) in [6.45, 7) is 1.04. The number of anilines is 1. The van der Waals surface area contributed by atoms with Crippen LogP contribution in [0.1, 0.15) is 12.8 Å². The third-order valence-corrected chi connectivity index (χ3v) is 3.28. The van der Waals surface area contributed by atoms with Crippen molar-refractivity contribution in [2.75, 3.05) is 18.4 Å². The minimum Gasteiger partial charge on any atom is -0.465 e. The second-order valence-electron chi connectivity index (χ2n) is 4.39. The van der Waals surface area contributed by atoms with E-state index in [2.05, 4.69) is 5.32 Å². The molecule has 1 heterocycles. The normalized spacial score (nSPS) is 19.0. The smallest absolute Gasteiger partial charge is 0.407 e. The van der Waals surface area contributed by atoms with E-state index < -0.39 is 6.09 Å². The van der Waals surface area contributed by atoms with E-state index >= 15 is 0 Å². The molecule has 0 aromatic heterocycles. The number of likely N-dealkylation sites (tertiary alicyclic amines) is 1. The molecule has 2 rings (SSSR count). The number of amides is 1. The summed E-state index contributed by atoms with van der Waals surface area (Å²) in [5, 5.41) is 12.2. The Morgan fingerprint density at radius 2 is 2.42 bits per heavy atom. The lowest BCUT2D eigenvalue weighted by molar-refractivity contribution is 0.133. The van der Waals surface area contributed by atoms with Gasteiger partial charge >= 0.3 is 6.09 Å². The monoisotopic (exact) mass is 286 g/mol. The van der Waals surface area contributed by atoms with Gasteiger partial charge < -0.3 is 19.5 Å². The molecule has 2 N–H and O–H groups in total. The Bertz CT molecular complexity index is 447. The van der Waals surface area contributed by atoms with E-state index in [-0.39, 0.29) is 18.5 Å². The van der Waals surface area contributed by atoms with Crippen LogP contribution in [0.2, 0.25) is 0 Å². The van der Waals surface area contributed by atoms with Gasteiger partial charge in [0.05, 0.1) is 0 Å². The summed E-state index contributed by atoms with van der Waals surface area (Å²) in [4.78, 5) is 12.3. The summed E-state index contributed by atoms with van der Waals surface area (Å²) < 4.78 is 16.7. The molecule has 0 saturated carbocycles. The van der Waals surface area contributed by atoms with Crippen molar-refractivity contribution in [3.05, 3.63) is 24.3 Å². The molecule has 1 aromatic carbocycles. The Labute approximate surface area is 115 Å². The average molecular weight is 286 g/mol. The molecule has 1 atom stereocenters. The van der Waals surface area contributed by atoms with Crippen molar-refractivity contribution in [2.45, 2.75) is 18.9 Å². The topological polar surface area (TPSA) is 61.8 Å².